The normalized spacial score (nSPS) is 11.7. The lowest BCUT2D eigenvalue weighted by atomic mass is 10.1. The van der Waals surface area contributed by atoms with Crippen molar-refractivity contribution in [1.82, 2.24) is 5.32 Å². The second-order valence-corrected chi connectivity index (χ2v) is 3.90. The number of hydrogen-bond donors (Lipinski definition) is 2. The van der Waals surface area contributed by atoms with Crippen LogP contribution in [0.2, 0.25) is 0 Å². The number of nitrogens with zero attached hydrogens (tertiary/aromatic N) is 1. The first-order valence-corrected chi connectivity index (χ1v) is 5.83. The summed E-state index contributed by atoms with van der Waals surface area (Å²) in [6, 6.07) is 3.69. The lowest BCUT2D eigenvalue weighted by molar-refractivity contribution is -0.385. The van der Waals surface area contributed by atoms with Gasteiger partial charge in [-0.25, -0.2) is 0 Å². The third-order valence-electron chi connectivity index (χ3n) is 2.38. The molecule has 0 spiro atoms. The number of aliphatic hydroxyl groups excluding tert-OH is 1. The Bertz CT molecular complexity index is 475. The monoisotopic (exact) mass is 268 g/mol. The molecule has 0 heterocycles. The van der Waals surface area contributed by atoms with Gasteiger partial charge < -0.3 is 15.2 Å². The highest BCUT2D eigenvalue weighted by molar-refractivity contribution is 6.01. The number of benzene rings is 1. The molecule has 7 heteroatoms. The fourth-order valence-electron chi connectivity index (χ4n) is 1.52. The highest BCUT2D eigenvalue weighted by Crippen LogP contribution is 2.28. The van der Waals surface area contributed by atoms with Gasteiger partial charge in [0.05, 0.1) is 18.1 Å². The average molecular weight is 268 g/mol. The van der Waals surface area contributed by atoms with Gasteiger partial charge in [0.15, 0.2) is 5.56 Å². The number of carbonyl (C=O) groups is 1. The molecule has 0 aliphatic carbocycles. The minimum absolute atomic E-state index is 0.130. The number of rotatable bonds is 6. The smallest absolute Gasteiger partial charge is 0.285 e. The van der Waals surface area contributed by atoms with Crippen LogP contribution in [-0.4, -0.2) is 35.2 Å². The van der Waals surface area contributed by atoms with E-state index in [0.717, 1.165) is 0 Å². The first-order valence-electron chi connectivity index (χ1n) is 5.83. The number of nitro groups is 1. The van der Waals surface area contributed by atoms with Gasteiger partial charge in [-0.05, 0) is 19.9 Å². The Balaban J connectivity index is 3.20. The molecule has 0 saturated carbocycles. The standard InChI is InChI=1S/C12H16N2O5/c1-3-19-10-6-4-5-9(14(17)18)11(10)12(16)13-8(2)7-15/h4-6,8,15H,3,7H2,1-2H3,(H,13,16). The van der Waals surface area contributed by atoms with Gasteiger partial charge in [-0.1, -0.05) is 6.07 Å². The van der Waals surface area contributed by atoms with Crippen LogP contribution in [0.1, 0.15) is 24.2 Å². The highest BCUT2D eigenvalue weighted by Gasteiger charge is 2.25. The topological polar surface area (TPSA) is 102 Å². The molecule has 1 unspecified atom stereocenters. The molecule has 2 N–H and O–H groups in total. The SMILES string of the molecule is CCOc1cccc([N+](=O)[O-])c1C(=O)NC(C)CO. The highest BCUT2D eigenvalue weighted by atomic mass is 16.6. The van der Waals surface area contributed by atoms with Gasteiger partial charge in [-0.15, -0.1) is 0 Å². The molecule has 0 bridgehead atoms. The fourth-order valence-corrected chi connectivity index (χ4v) is 1.52. The summed E-state index contributed by atoms with van der Waals surface area (Å²) in [5, 5.41) is 22.3. The van der Waals surface area contributed by atoms with Crippen molar-refractivity contribution in [3.05, 3.63) is 33.9 Å². The second-order valence-electron chi connectivity index (χ2n) is 3.90. The number of amides is 1. The molecule has 1 atom stereocenters. The molecular weight excluding hydrogens is 252 g/mol. The summed E-state index contributed by atoms with van der Waals surface area (Å²) in [6.45, 7) is 3.34. The third kappa shape index (κ3) is 3.65. The first kappa shape index (κ1) is 14.9. The van der Waals surface area contributed by atoms with E-state index >= 15 is 0 Å². The van der Waals surface area contributed by atoms with Crippen LogP contribution in [0.4, 0.5) is 5.69 Å². The van der Waals surface area contributed by atoms with Crippen molar-refractivity contribution in [2.75, 3.05) is 13.2 Å². The van der Waals surface area contributed by atoms with Crippen molar-refractivity contribution >= 4 is 11.6 Å². The van der Waals surface area contributed by atoms with Gasteiger partial charge in [-0.2, -0.15) is 0 Å². The molecule has 1 aromatic carbocycles. The minimum atomic E-state index is -0.641. The van der Waals surface area contributed by atoms with Crippen molar-refractivity contribution in [2.45, 2.75) is 19.9 Å². The van der Waals surface area contributed by atoms with Gasteiger partial charge in [0.2, 0.25) is 0 Å². The molecule has 104 valence electrons. The quantitative estimate of drug-likeness (QED) is 0.594. The van der Waals surface area contributed by atoms with Gasteiger partial charge in [0, 0.05) is 12.1 Å². The predicted molar refractivity (Wildman–Crippen MR) is 68.3 cm³/mol. The van der Waals surface area contributed by atoms with Crippen molar-refractivity contribution in [2.24, 2.45) is 0 Å². The molecule has 19 heavy (non-hydrogen) atoms. The molecule has 1 rings (SSSR count). The molecule has 7 nitrogen and oxygen atoms in total. The maximum atomic E-state index is 12.0. The molecule has 0 fully saturated rings. The van der Waals surface area contributed by atoms with Crippen LogP contribution < -0.4 is 10.1 Å². The fraction of sp³-hybridized carbons (Fsp3) is 0.417. The Morgan fingerprint density at radius 2 is 2.26 bits per heavy atom. The van der Waals surface area contributed by atoms with E-state index in [1.165, 1.54) is 18.2 Å². The van der Waals surface area contributed by atoms with E-state index in [2.05, 4.69) is 5.32 Å². The first-order chi connectivity index (χ1) is 9.01. The van der Waals surface area contributed by atoms with Crippen LogP contribution in [0.3, 0.4) is 0 Å². The van der Waals surface area contributed by atoms with Crippen LogP contribution in [0.15, 0.2) is 18.2 Å². The van der Waals surface area contributed by atoms with Gasteiger partial charge in [0.1, 0.15) is 5.75 Å². The molecule has 1 aromatic rings. The number of aliphatic hydroxyl groups is 1. The van der Waals surface area contributed by atoms with E-state index in [4.69, 9.17) is 9.84 Å². The van der Waals surface area contributed by atoms with E-state index in [0.29, 0.717) is 0 Å². The molecule has 1 amide bonds. The summed E-state index contributed by atoms with van der Waals surface area (Å²) in [6.07, 6.45) is 0. The number of nitrogens with one attached hydrogen (secondary N) is 1. The van der Waals surface area contributed by atoms with E-state index < -0.39 is 16.9 Å². The lowest BCUT2D eigenvalue weighted by Gasteiger charge is -2.13. The molecule has 0 aromatic heterocycles. The summed E-state index contributed by atoms with van der Waals surface area (Å²) in [5.41, 5.74) is -0.455. The Hall–Kier alpha value is -2.15. The van der Waals surface area contributed by atoms with E-state index in [1.807, 2.05) is 0 Å². The van der Waals surface area contributed by atoms with Gasteiger partial charge >= 0.3 is 0 Å². The zero-order chi connectivity index (χ0) is 14.4. The van der Waals surface area contributed by atoms with Gasteiger partial charge in [-0.3, -0.25) is 14.9 Å². The number of carbonyl (C=O) groups excluding carboxylic acids is 1. The van der Waals surface area contributed by atoms with Gasteiger partial charge in [0.25, 0.3) is 11.6 Å². The summed E-state index contributed by atoms with van der Waals surface area (Å²) in [4.78, 5) is 22.3. The second kappa shape index (κ2) is 6.69. The zero-order valence-electron chi connectivity index (χ0n) is 10.8. The number of hydrogen-bond acceptors (Lipinski definition) is 5. The summed E-state index contributed by atoms with van der Waals surface area (Å²) < 4.78 is 5.24. The Morgan fingerprint density at radius 3 is 2.79 bits per heavy atom. The van der Waals surface area contributed by atoms with Crippen molar-refractivity contribution in [1.29, 1.82) is 0 Å². The van der Waals surface area contributed by atoms with Crippen LogP contribution in [0, 0.1) is 10.1 Å². The van der Waals surface area contributed by atoms with Crippen LogP contribution in [-0.2, 0) is 0 Å². The van der Waals surface area contributed by atoms with Crippen LogP contribution >= 0.6 is 0 Å². The van der Waals surface area contributed by atoms with E-state index in [9.17, 15) is 14.9 Å². The molecule has 0 saturated heterocycles. The maximum absolute atomic E-state index is 12.0. The van der Waals surface area contributed by atoms with Crippen molar-refractivity contribution in [3.63, 3.8) is 0 Å². The third-order valence-corrected chi connectivity index (χ3v) is 2.38. The average Bonchev–Trinajstić information content (AvgIpc) is 2.38. The number of nitro benzene ring substituents is 1. The predicted octanol–water partition coefficient (Wildman–Crippen LogP) is 1.10. The Labute approximate surface area is 110 Å². The summed E-state index contributed by atoms with van der Waals surface area (Å²) >= 11 is 0. The lowest BCUT2D eigenvalue weighted by Crippen LogP contribution is -2.35. The largest absolute Gasteiger partial charge is 0.493 e. The minimum Gasteiger partial charge on any atom is -0.493 e. The van der Waals surface area contributed by atoms with Crippen LogP contribution in [0.5, 0.6) is 5.75 Å². The van der Waals surface area contributed by atoms with E-state index in [1.54, 1.807) is 13.8 Å². The molecular formula is C12H16N2O5. The van der Waals surface area contributed by atoms with Crippen molar-refractivity contribution in [3.8, 4) is 5.75 Å². The Kier molecular flexibility index (Phi) is 5.25. The van der Waals surface area contributed by atoms with Crippen LogP contribution in [0.25, 0.3) is 0 Å². The molecule has 0 aliphatic heterocycles. The van der Waals surface area contributed by atoms with Crippen molar-refractivity contribution < 1.29 is 19.6 Å². The zero-order valence-corrected chi connectivity index (χ0v) is 10.8. The molecule has 0 radical (unpaired) electrons. The van der Waals surface area contributed by atoms with E-state index in [-0.39, 0.29) is 30.2 Å². The number of ether oxygens (including phenoxy) is 1. The Morgan fingerprint density at radius 1 is 1.58 bits per heavy atom. The molecule has 0 aliphatic rings. The maximum Gasteiger partial charge on any atom is 0.285 e. The summed E-state index contributed by atoms with van der Waals surface area (Å²) in [7, 11) is 0. The summed E-state index contributed by atoms with van der Waals surface area (Å²) in [5.74, 6) is -0.489.